The first-order valence-electron chi connectivity index (χ1n) is 5.92. The Morgan fingerprint density at radius 1 is 1.47 bits per heavy atom. The van der Waals surface area contributed by atoms with Crippen LogP contribution < -0.4 is 10.5 Å². The molecular formula is C12H18Cl2N2O2S. The summed E-state index contributed by atoms with van der Waals surface area (Å²) in [6.45, 7) is 2.07. The van der Waals surface area contributed by atoms with E-state index in [1.54, 1.807) is 19.1 Å². The lowest BCUT2D eigenvalue weighted by Gasteiger charge is -2.17. The van der Waals surface area contributed by atoms with Crippen molar-refractivity contribution in [3.63, 3.8) is 0 Å². The van der Waals surface area contributed by atoms with Crippen LogP contribution in [0.3, 0.4) is 0 Å². The van der Waals surface area contributed by atoms with E-state index in [-0.39, 0.29) is 23.3 Å². The predicted molar refractivity (Wildman–Crippen MR) is 79.3 cm³/mol. The lowest BCUT2D eigenvalue weighted by molar-refractivity contribution is 0.519. The third-order valence-corrected chi connectivity index (χ3v) is 5.06. The van der Waals surface area contributed by atoms with E-state index in [0.717, 1.165) is 12.8 Å². The molecule has 0 heterocycles. The number of aryl methyl sites for hydroxylation is 1. The Labute approximate surface area is 125 Å². The van der Waals surface area contributed by atoms with E-state index < -0.39 is 10.0 Å². The number of nitrogens with two attached hydrogens (primary N) is 1. The molecule has 0 bridgehead atoms. The van der Waals surface area contributed by atoms with Crippen molar-refractivity contribution in [2.75, 3.05) is 6.54 Å². The van der Waals surface area contributed by atoms with Crippen molar-refractivity contribution in [2.24, 2.45) is 11.7 Å². The summed E-state index contributed by atoms with van der Waals surface area (Å²) < 4.78 is 27.2. The summed E-state index contributed by atoms with van der Waals surface area (Å²) in [7, 11) is -3.54. The number of benzene rings is 1. The molecule has 1 aromatic carbocycles. The first-order valence-corrected chi connectivity index (χ1v) is 7.78. The highest BCUT2D eigenvalue weighted by Crippen LogP contribution is 2.33. The molecule has 1 saturated carbocycles. The Bertz CT molecular complexity index is 545. The van der Waals surface area contributed by atoms with E-state index in [4.69, 9.17) is 17.3 Å². The van der Waals surface area contributed by atoms with Crippen LogP contribution in [0.1, 0.15) is 18.4 Å². The molecule has 1 unspecified atom stereocenters. The third kappa shape index (κ3) is 4.07. The molecule has 1 aromatic rings. The van der Waals surface area contributed by atoms with Gasteiger partial charge in [0.2, 0.25) is 10.0 Å². The Morgan fingerprint density at radius 3 is 2.63 bits per heavy atom. The second kappa shape index (κ2) is 6.41. The minimum Gasteiger partial charge on any atom is -0.329 e. The minimum atomic E-state index is -3.54. The largest absolute Gasteiger partial charge is 0.329 e. The second-order valence-electron chi connectivity index (χ2n) is 4.71. The molecule has 1 aliphatic carbocycles. The maximum atomic E-state index is 12.3. The normalized spacial score (nSPS) is 16.8. The van der Waals surface area contributed by atoms with E-state index in [2.05, 4.69) is 4.72 Å². The topological polar surface area (TPSA) is 72.2 Å². The molecule has 1 fully saturated rings. The predicted octanol–water partition coefficient (Wildman–Crippen LogP) is 2.09. The minimum absolute atomic E-state index is 0. The fourth-order valence-corrected chi connectivity index (χ4v) is 3.79. The second-order valence-corrected chi connectivity index (χ2v) is 6.83. The summed E-state index contributed by atoms with van der Waals surface area (Å²) in [5.74, 6) is 0.379. The van der Waals surface area contributed by atoms with E-state index in [9.17, 15) is 8.42 Å². The van der Waals surface area contributed by atoms with Gasteiger partial charge in [-0.1, -0.05) is 17.7 Å². The fourth-order valence-electron chi connectivity index (χ4n) is 1.96. The van der Waals surface area contributed by atoms with Gasteiger partial charge >= 0.3 is 0 Å². The molecule has 0 aliphatic heterocycles. The van der Waals surface area contributed by atoms with Crippen molar-refractivity contribution in [2.45, 2.75) is 30.7 Å². The van der Waals surface area contributed by atoms with Crippen LogP contribution in [0.25, 0.3) is 0 Å². The van der Waals surface area contributed by atoms with Gasteiger partial charge in [0.15, 0.2) is 0 Å². The van der Waals surface area contributed by atoms with Gasteiger partial charge in [-0.15, -0.1) is 12.4 Å². The summed E-state index contributed by atoms with van der Waals surface area (Å²) in [6.07, 6.45) is 2.08. The van der Waals surface area contributed by atoms with Gasteiger partial charge in [-0.3, -0.25) is 0 Å². The lowest BCUT2D eigenvalue weighted by atomic mass is 10.2. The monoisotopic (exact) mass is 324 g/mol. The Morgan fingerprint density at radius 2 is 2.11 bits per heavy atom. The van der Waals surface area contributed by atoms with Crippen LogP contribution in [0, 0.1) is 12.8 Å². The number of hydrogen-bond acceptors (Lipinski definition) is 3. The van der Waals surface area contributed by atoms with Gasteiger partial charge in [0.05, 0.1) is 4.90 Å². The molecular weight excluding hydrogens is 307 g/mol. The van der Waals surface area contributed by atoms with Crippen LogP contribution in [0.2, 0.25) is 5.02 Å². The fraction of sp³-hybridized carbons (Fsp3) is 0.500. The highest BCUT2D eigenvalue weighted by atomic mass is 35.5. The van der Waals surface area contributed by atoms with E-state index in [0.29, 0.717) is 23.0 Å². The quantitative estimate of drug-likeness (QED) is 0.871. The zero-order chi connectivity index (χ0) is 13.3. The van der Waals surface area contributed by atoms with Crippen LogP contribution in [0.4, 0.5) is 0 Å². The molecule has 0 aromatic heterocycles. The van der Waals surface area contributed by atoms with Crippen LogP contribution >= 0.6 is 24.0 Å². The van der Waals surface area contributed by atoms with Crippen LogP contribution in [0.5, 0.6) is 0 Å². The molecule has 1 aliphatic rings. The molecule has 2 rings (SSSR count). The van der Waals surface area contributed by atoms with Gasteiger partial charge in [0, 0.05) is 17.6 Å². The number of halogens is 2. The lowest BCUT2D eigenvalue weighted by Crippen LogP contribution is -2.41. The number of hydrogen-bond donors (Lipinski definition) is 2. The highest BCUT2D eigenvalue weighted by Gasteiger charge is 2.33. The molecule has 1 atom stereocenters. The van der Waals surface area contributed by atoms with Crippen LogP contribution in [-0.2, 0) is 10.0 Å². The van der Waals surface area contributed by atoms with Crippen LogP contribution in [-0.4, -0.2) is 21.0 Å². The van der Waals surface area contributed by atoms with Gasteiger partial charge < -0.3 is 5.73 Å². The van der Waals surface area contributed by atoms with Gasteiger partial charge in [-0.25, -0.2) is 13.1 Å². The SMILES string of the molecule is Cc1ccc(Cl)cc1S(=O)(=O)NC(CN)C1CC1.Cl. The van der Waals surface area contributed by atoms with Crippen molar-refractivity contribution in [3.05, 3.63) is 28.8 Å². The van der Waals surface area contributed by atoms with Gasteiger partial charge in [-0.2, -0.15) is 0 Å². The molecule has 0 spiro atoms. The van der Waals surface area contributed by atoms with Crippen molar-refractivity contribution in [1.29, 1.82) is 0 Å². The number of nitrogens with one attached hydrogen (secondary N) is 1. The average Bonchev–Trinajstić information content (AvgIpc) is 3.13. The molecule has 0 radical (unpaired) electrons. The van der Waals surface area contributed by atoms with E-state index in [1.165, 1.54) is 6.07 Å². The number of rotatable bonds is 5. The molecule has 0 saturated heterocycles. The van der Waals surface area contributed by atoms with E-state index in [1.807, 2.05) is 0 Å². The third-order valence-electron chi connectivity index (χ3n) is 3.19. The Hall–Kier alpha value is -0.330. The molecule has 0 amide bonds. The first-order chi connectivity index (χ1) is 8.44. The maximum Gasteiger partial charge on any atom is 0.241 e. The van der Waals surface area contributed by atoms with Crippen LogP contribution in [0.15, 0.2) is 23.1 Å². The summed E-state index contributed by atoms with van der Waals surface area (Å²) in [6, 6.07) is 4.68. The average molecular weight is 325 g/mol. The molecule has 3 N–H and O–H groups in total. The van der Waals surface area contributed by atoms with Crippen molar-refractivity contribution < 1.29 is 8.42 Å². The van der Waals surface area contributed by atoms with Crippen molar-refractivity contribution in [1.82, 2.24) is 4.72 Å². The smallest absolute Gasteiger partial charge is 0.241 e. The summed E-state index contributed by atoms with van der Waals surface area (Å²) in [5.41, 5.74) is 6.29. The van der Waals surface area contributed by atoms with Crippen molar-refractivity contribution >= 4 is 34.0 Å². The van der Waals surface area contributed by atoms with Gasteiger partial charge in [-0.05, 0) is 43.4 Å². The maximum absolute atomic E-state index is 12.3. The van der Waals surface area contributed by atoms with Gasteiger partial charge in [0.1, 0.15) is 0 Å². The van der Waals surface area contributed by atoms with Gasteiger partial charge in [0.25, 0.3) is 0 Å². The molecule has 4 nitrogen and oxygen atoms in total. The molecule has 7 heteroatoms. The molecule has 108 valence electrons. The first kappa shape index (κ1) is 16.7. The summed E-state index contributed by atoms with van der Waals surface area (Å²) in [5, 5.41) is 0.414. The van der Waals surface area contributed by atoms with Crippen molar-refractivity contribution in [3.8, 4) is 0 Å². The Balaban J connectivity index is 0.00000180. The molecule has 19 heavy (non-hydrogen) atoms. The number of sulfonamides is 1. The summed E-state index contributed by atoms with van der Waals surface area (Å²) in [4.78, 5) is 0.231. The standard InChI is InChI=1S/C12H17ClN2O2S.ClH/c1-8-2-5-10(13)6-12(8)18(16,17)15-11(7-14)9-3-4-9;/h2,5-6,9,11,15H,3-4,7,14H2,1H3;1H. The zero-order valence-electron chi connectivity index (χ0n) is 10.6. The van der Waals surface area contributed by atoms with E-state index >= 15 is 0 Å². The Kier molecular flexibility index (Phi) is 5.65. The summed E-state index contributed by atoms with van der Waals surface area (Å²) >= 11 is 5.85. The highest BCUT2D eigenvalue weighted by molar-refractivity contribution is 7.89. The zero-order valence-corrected chi connectivity index (χ0v) is 13.0.